The summed E-state index contributed by atoms with van der Waals surface area (Å²) in [7, 11) is 1.69. The highest BCUT2D eigenvalue weighted by Gasteiger charge is 2.20. The molecule has 0 bridgehead atoms. The van der Waals surface area contributed by atoms with Gasteiger partial charge in [-0.05, 0) is 60.4 Å². The minimum Gasteiger partial charge on any atom is -0.504 e. The molecule has 1 fully saturated rings. The highest BCUT2D eigenvalue weighted by molar-refractivity contribution is 5.96. The summed E-state index contributed by atoms with van der Waals surface area (Å²) in [5, 5.41) is 0. The maximum absolute atomic E-state index is 12.9. The first kappa shape index (κ1) is 21.3. The summed E-state index contributed by atoms with van der Waals surface area (Å²) in [5.74, 6) is 0.404. The molecule has 0 amide bonds. The molecule has 0 aromatic heterocycles. The summed E-state index contributed by atoms with van der Waals surface area (Å²) in [6.45, 7) is 0.888. The normalized spacial score (nSPS) is 18.0. The highest BCUT2D eigenvalue weighted by atomic mass is 19.1. The molecule has 0 aliphatic heterocycles. The number of hydrogen-bond donors (Lipinski definition) is 0. The second-order valence-electron chi connectivity index (χ2n) is 7.65. The Morgan fingerprint density at radius 3 is 2.34 bits per heavy atom. The number of benzene rings is 2. The van der Waals surface area contributed by atoms with Crippen molar-refractivity contribution in [3.63, 3.8) is 0 Å². The van der Waals surface area contributed by atoms with Crippen LogP contribution in [0.15, 0.2) is 60.4 Å². The van der Waals surface area contributed by atoms with Gasteiger partial charge in [0.15, 0.2) is 5.78 Å². The van der Waals surface area contributed by atoms with E-state index in [1.807, 2.05) is 30.5 Å². The number of hydrogen-bond acceptors (Lipinski definition) is 3. The molecule has 1 aliphatic carbocycles. The molecule has 1 aliphatic rings. The van der Waals surface area contributed by atoms with Gasteiger partial charge >= 0.3 is 0 Å². The van der Waals surface area contributed by atoms with Crippen LogP contribution >= 0.6 is 0 Å². The molecule has 1 saturated carbocycles. The molecule has 1 atom stereocenters. The largest absolute Gasteiger partial charge is 0.504 e. The van der Waals surface area contributed by atoms with E-state index in [1.165, 1.54) is 30.5 Å². The van der Waals surface area contributed by atoms with Crippen molar-refractivity contribution in [2.24, 2.45) is 5.92 Å². The van der Waals surface area contributed by atoms with E-state index in [-0.39, 0.29) is 11.6 Å². The zero-order valence-electron chi connectivity index (χ0n) is 17.0. The van der Waals surface area contributed by atoms with Gasteiger partial charge in [-0.25, -0.2) is 4.39 Å². The molecule has 154 valence electrons. The highest BCUT2D eigenvalue weighted by Crippen LogP contribution is 2.33. The second-order valence-corrected chi connectivity index (χ2v) is 7.65. The number of carbonyl (C=O) groups is 1. The van der Waals surface area contributed by atoms with Crippen molar-refractivity contribution in [1.29, 1.82) is 0 Å². The SMILES string of the molecule is CO/C=C1/CCCCC1CCC(=O)c1ccc(COCc2ccc(F)cc2)cc1. The Labute approximate surface area is 172 Å². The van der Waals surface area contributed by atoms with Crippen LogP contribution in [0.25, 0.3) is 0 Å². The average Bonchev–Trinajstić information content (AvgIpc) is 2.75. The van der Waals surface area contributed by atoms with E-state index in [9.17, 15) is 9.18 Å². The van der Waals surface area contributed by atoms with Crippen LogP contribution < -0.4 is 0 Å². The summed E-state index contributed by atoms with van der Waals surface area (Å²) in [5.41, 5.74) is 4.05. The van der Waals surface area contributed by atoms with Crippen molar-refractivity contribution in [3.05, 3.63) is 82.9 Å². The van der Waals surface area contributed by atoms with Crippen LogP contribution in [-0.4, -0.2) is 12.9 Å². The molecule has 2 aromatic carbocycles. The van der Waals surface area contributed by atoms with Crippen LogP contribution in [0.1, 0.15) is 60.0 Å². The van der Waals surface area contributed by atoms with Crippen molar-refractivity contribution >= 4 is 5.78 Å². The maximum Gasteiger partial charge on any atom is 0.162 e. The van der Waals surface area contributed by atoms with E-state index in [2.05, 4.69) is 0 Å². The Kier molecular flexibility index (Phi) is 8.00. The fourth-order valence-corrected chi connectivity index (χ4v) is 3.85. The van der Waals surface area contributed by atoms with Crippen molar-refractivity contribution in [2.75, 3.05) is 7.11 Å². The number of carbonyl (C=O) groups excluding carboxylic acids is 1. The van der Waals surface area contributed by atoms with Gasteiger partial charge in [0.2, 0.25) is 0 Å². The molecule has 0 spiro atoms. The third kappa shape index (κ3) is 6.53. The Morgan fingerprint density at radius 1 is 1.03 bits per heavy atom. The number of halogens is 1. The van der Waals surface area contributed by atoms with Crippen molar-refractivity contribution in [1.82, 2.24) is 0 Å². The minimum atomic E-state index is -0.247. The van der Waals surface area contributed by atoms with Gasteiger partial charge in [-0.2, -0.15) is 0 Å². The molecule has 0 N–H and O–H groups in total. The van der Waals surface area contributed by atoms with E-state index >= 15 is 0 Å². The molecule has 3 nitrogen and oxygen atoms in total. The van der Waals surface area contributed by atoms with Crippen LogP contribution in [0.3, 0.4) is 0 Å². The fourth-order valence-electron chi connectivity index (χ4n) is 3.85. The number of Topliss-reactive ketones (excluding diaryl/α,β-unsaturated/α-hetero) is 1. The molecular formula is C25H29FO3. The van der Waals surface area contributed by atoms with Crippen LogP contribution in [0.2, 0.25) is 0 Å². The van der Waals surface area contributed by atoms with Crippen LogP contribution in [-0.2, 0) is 22.7 Å². The van der Waals surface area contributed by atoms with Gasteiger partial charge in [0.05, 0.1) is 26.6 Å². The summed E-state index contributed by atoms with van der Waals surface area (Å²) in [6.07, 6.45) is 7.99. The van der Waals surface area contributed by atoms with E-state index in [0.717, 1.165) is 36.0 Å². The first-order chi connectivity index (χ1) is 14.2. The minimum absolute atomic E-state index is 0.186. The predicted molar refractivity (Wildman–Crippen MR) is 112 cm³/mol. The van der Waals surface area contributed by atoms with E-state index in [1.54, 1.807) is 19.2 Å². The molecule has 0 saturated heterocycles. The zero-order valence-corrected chi connectivity index (χ0v) is 17.0. The Balaban J connectivity index is 1.45. The lowest BCUT2D eigenvalue weighted by Crippen LogP contribution is -2.12. The molecule has 0 heterocycles. The molecule has 29 heavy (non-hydrogen) atoms. The topological polar surface area (TPSA) is 35.5 Å². The third-order valence-corrected chi connectivity index (χ3v) is 5.51. The van der Waals surface area contributed by atoms with Gasteiger partial charge in [0.1, 0.15) is 5.82 Å². The van der Waals surface area contributed by atoms with E-state index < -0.39 is 0 Å². The number of methoxy groups -OCH3 is 1. The van der Waals surface area contributed by atoms with Gasteiger partial charge in [-0.15, -0.1) is 0 Å². The summed E-state index contributed by atoms with van der Waals surface area (Å²) in [6, 6.07) is 13.9. The lowest BCUT2D eigenvalue weighted by molar-refractivity contribution is 0.0972. The number of rotatable bonds is 9. The van der Waals surface area contributed by atoms with Gasteiger partial charge in [-0.3, -0.25) is 4.79 Å². The summed E-state index contributed by atoms with van der Waals surface area (Å²) in [4.78, 5) is 12.6. The molecule has 2 aromatic rings. The lowest BCUT2D eigenvalue weighted by atomic mass is 9.81. The van der Waals surface area contributed by atoms with Crippen LogP contribution in [0.4, 0.5) is 4.39 Å². The zero-order chi connectivity index (χ0) is 20.5. The standard InChI is InChI=1S/C25H29FO3/c1-28-18-23-5-3-2-4-21(23)12-15-25(27)22-10-6-19(7-11-22)16-29-17-20-8-13-24(26)14-9-20/h6-11,13-14,18,21H,2-5,12,15-17H2,1H3/b23-18-. The Bertz CT molecular complexity index is 809. The number of allylic oxidation sites excluding steroid dienone is 1. The Morgan fingerprint density at radius 2 is 1.69 bits per heavy atom. The first-order valence-corrected chi connectivity index (χ1v) is 10.3. The van der Waals surface area contributed by atoms with E-state index in [0.29, 0.717) is 25.6 Å². The van der Waals surface area contributed by atoms with Gasteiger partial charge < -0.3 is 9.47 Å². The molecule has 0 radical (unpaired) electrons. The predicted octanol–water partition coefficient (Wildman–Crippen LogP) is 6.23. The van der Waals surface area contributed by atoms with Crippen molar-refractivity contribution in [3.8, 4) is 0 Å². The first-order valence-electron chi connectivity index (χ1n) is 10.3. The third-order valence-electron chi connectivity index (χ3n) is 5.51. The van der Waals surface area contributed by atoms with Gasteiger partial charge in [-0.1, -0.05) is 42.8 Å². The van der Waals surface area contributed by atoms with Crippen molar-refractivity contribution in [2.45, 2.75) is 51.7 Å². The summed E-state index contributed by atoms with van der Waals surface area (Å²) >= 11 is 0. The monoisotopic (exact) mass is 396 g/mol. The molecule has 1 unspecified atom stereocenters. The maximum atomic E-state index is 12.9. The molecule has 3 rings (SSSR count). The van der Waals surface area contributed by atoms with Crippen LogP contribution in [0.5, 0.6) is 0 Å². The lowest BCUT2D eigenvalue weighted by Gasteiger charge is -2.24. The average molecular weight is 397 g/mol. The summed E-state index contributed by atoms with van der Waals surface area (Å²) < 4.78 is 23.8. The smallest absolute Gasteiger partial charge is 0.162 e. The van der Waals surface area contributed by atoms with E-state index in [4.69, 9.17) is 9.47 Å². The quantitative estimate of drug-likeness (QED) is 0.372. The Hall–Kier alpha value is -2.46. The molecular weight excluding hydrogens is 367 g/mol. The molecule has 4 heteroatoms. The van der Waals surface area contributed by atoms with Crippen LogP contribution in [0, 0.1) is 11.7 Å². The fraction of sp³-hybridized carbons (Fsp3) is 0.400. The van der Waals surface area contributed by atoms with Gasteiger partial charge in [0.25, 0.3) is 0 Å². The second kappa shape index (κ2) is 10.9. The van der Waals surface area contributed by atoms with Crippen molar-refractivity contribution < 1.29 is 18.7 Å². The van der Waals surface area contributed by atoms with Gasteiger partial charge in [0, 0.05) is 12.0 Å². The number of ether oxygens (including phenoxy) is 2. The number of ketones is 1.